The third-order valence-corrected chi connectivity index (χ3v) is 4.37. The summed E-state index contributed by atoms with van der Waals surface area (Å²) in [5, 5.41) is 13.4. The van der Waals surface area contributed by atoms with Crippen molar-refractivity contribution in [2.45, 2.75) is 0 Å². The van der Waals surface area contributed by atoms with Crippen molar-refractivity contribution in [3.8, 4) is 11.4 Å². The summed E-state index contributed by atoms with van der Waals surface area (Å²) < 4.78 is 3.03. The van der Waals surface area contributed by atoms with Gasteiger partial charge in [0.05, 0.1) is 6.21 Å². The van der Waals surface area contributed by atoms with E-state index in [4.69, 9.17) is 12.2 Å². The van der Waals surface area contributed by atoms with Crippen LogP contribution in [-0.2, 0) is 0 Å². The average Bonchev–Trinajstić information content (AvgIpc) is 3.07. The number of halogens is 1. The van der Waals surface area contributed by atoms with Crippen LogP contribution in [0.2, 0.25) is 0 Å². The highest BCUT2D eigenvalue weighted by atomic mass is 79.9. The number of hydrogen-bond donors (Lipinski definition) is 1. The molecule has 20 heavy (non-hydrogen) atoms. The van der Waals surface area contributed by atoms with Gasteiger partial charge in [0, 0.05) is 14.9 Å². The predicted molar refractivity (Wildman–Crippen MR) is 87.9 cm³/mol. The van der Waals surface area contributed by atoms with E-state index in [1.807, 2.05) is 41.8 Å². The van der Waals surface area contributed by atoms with Crippen LogP contribution in [0, 0.1) is 4.77 Å². The second-order valence-corrected chi connectivity index (χ2v) is 6.12. The zero-order valence-electron chi connectivity index (χ0n) is 10.2. The Morgan fingerprint density at radius 2 is 2.15 bits per heavy atom. The van der Waals surface area contributed by atoms with Crippen molar-refractivity contribution in [1.29, 1.82) is 0 Å². The maximum atomic E-state index is 5.23. The molecular formula is C13H9BrN4S2. The number of rotatable bonds is 3. The van der Waals surface area contributed by atoms with Crippen LogP contribution in [0.4, 0.5) is 0 Å². The summed E-state index contributed by atoms with van der Waals surface area (Å²) in [5.74, 6) is 0.676. The van der Waals surface area contributed by atoms with Gasteiger partial charge in [-0.2, -0.15) is 14.9 Å². The molecule has 1 N–H and O–H groups in total. The van der Waals surface area contributed by atoms with Crippen LogP contribution in [0.3, 0.4) is 0 Å². The fourth-order valence-corrected chi connectivity index (χ4v) is 2.92. The molecule has 0 aliphatic carbocycles. The summed E-state index contributed by atoms with van der Waals surface area (Å²) in [4.78, 5) is 1.06. The second-order valence-electron chi connectivity index (χ2n) is 3.90. The molecule has 0 saturated carbocycles. The average molecular weight is 365 g/mol. The van der Waals surface area contributed by atoms with Gasteiger partial charge in [-0.3, -0.25) is 0 Å². The monoisotopic (exact) mass is 364 g/mol. The molecule has 1 aromatic carbocycles. The van der Waals surface area contributed by atoms with E-state index in [0.717, 1.165) is 14.9 Å². The summed E-state index contributed by atoms with van der Waals surface area (Å²) in [6.07, 6.45) is 1.77. The first-order valence-electron chi connectivity index (χ1n) is 5.76. The quantitative estimate of drug-likeness (QED) is 0.555. The Kier molecular flexibility index (Phi) is 3.90. The van der Waals surface area contributed by atoms with Crippen LogP contribution in [0.25, 0.3) is 11.4 Å². The number of nitrogens with one attached hydrogen (secondary N) is 1. The Morgan fingerprint density at radius 1 is 1.30 bits per heavy atom. The summed E-state index contributed by atoms with van der Waals surface area (Å²) >= 11 is 10.4. The first-order chi connectivity index (χ1) is 9.75. The number of aromatic nitrogens is 3. The number of H-pyrrole nitrogens is 1. The Morgan fingerprint density at radius 3 is 2.90 bits per heavy atom. The molecule has 7 heteroatoms. The van der Waals surface area contributed by atoms with Gasteiger partial charge in [0.1, 0.15) is 0 Å². The molecule has 0 atom stereocenters. The van der Waals surface area contributed by atoms with Crippen molar-refractivity contribution >= 4 is 45.7 Å². The van der Waals surface area contributed by atoms with Crippen LogP contribution in [0.5, 0.6) is 0 Å². The van der Waals surface area contributed by atoms with E-state index >= 15 is 0 Å². The number of aromatic amines is 1. The minimum Gasteiger partial charge on any atom is -0.250 e. The van der Waals surface area contributed by atoms with Crippen molar-refractivity contribution in [3.63, 3.8) is 0 Å². The minimum atomic E-state index is 0.462. The maximum absolute atomic E-state index is 5.23. The van der Waals surface area contributed by atoms with E-state index < -0.39 is 0 Å². The largest absolute Gasteiger partial charge is 0.250 e. The highest BCUT2D eigenvalue weighted by Crippen LogP contribution is 2.26. The molecule has 0 aliphatic heterocycles. The molecule has 2 heterocycles. The first kappa shape index (κ1) is 13.4. The van der Waals surface area contributed by atoms with E-state index in [1.54, 1.807) is 22.2 Å². The van der Waals surface area contributed by atoms with E-state index in [2.05, 4.69) is 31.2 Å². The lowest BCUT2D eigenvalue weighted by molar-refractivity contribution is 0.871. The molecule has 0 spiro atoms. The SMILES string of the molecule is S=c1[nH]nc(-c2ccccc2Br)n1N=Cc1cccs1. The molecule has 0 bridgehead atoms. The van der Waals surface area contributed by atoms with E-state index in [1.165, 1.54) is 0 Å². The molecule has 3 rings (SSSR count). The molecule has 100 valence electrons. The number of benzene rings is 1. The molecule has 0 radical (unpaired) electrons. The third-order valence-electron chi connectivity index (χ3n) is 2.61. The lowest BCUT2D eigenvalue weighted by atomic mass is 10.2. The fraction of sp³-hybridized carbons (Fsp3) is 0. The van der Waals surface area contributed by atoms with Gasteiger partial charge in [-0.05, 0) is 35.8 Å². The van der Waals surface area contributed by atoms with Crippen molar-refractivity contribution in [2.75, 3.05) is 0 Å². The van der Waals surface area contributed by atoms with Gasteiger partial charge in [0.15, 0.2) is 5.82 Å². The Balaban J connectivity index is 2.07. The predicted octanol–water partition coefficient (Wildman–Crippen LogP) is 4.31. The van der Waals surface area contributed by atoms with Gasteiger partial charge in [0.25, 0.3) is 0 Å². The Hall–Kier alpha value is -1.57. The van der Waals surface area contributed by atoms with Crippen molar-refractivity contribution in [1.82, 2.24) is 14.9 Å². The number of hydrogen-bond acceptors (Lipinski definition) is 4. The van der Waals surface area contributed by atoms with Crippen molar-refractivity contribution in [2.24, 2.45) is 5.10 Å². The van der Waals surface area contributed by atoms with Gasteiger partial charge >= 0.3 is 0 Å². The second kappa shape index (κ2) is 5.82. The van der Waals surface area contributed by atoms with Crippen LogP contribution in [0.1, 0.15) is 4.88 Å². The number of nitrogens with zero attached hydrogens (tertiary/aromatic N) is 3. The molecule has 2 aromatic heterocycles. The highest BCUT2D eigenvalue weighted by molar-refractivity contribution is 9.10. The smallest absolute Gasteiger partial charge is 0.216 e. The third kappa shape index (κ3) is 2.65. The van der Waals surface area contributed by atoms with Gasteiger partial charge < -0.3 is 0 Å². The molecule has 3 aromatic rings. The molecule has 0 amide bonds. The lowest BCUT2D eigenvalue weighted by Crippen LogP contribution is -1.94. The molecule has 4 nitrogen and oxygen atoms in total. The van der Waals surface area contributed by atoms with Crippen LogP contribution >= 0.6 is 39.5 Å². The van der Waals surface area contributed by atoms with Crippen LogP contribution < -0.4 is 0 Å². The van der Waals surface area contributed by atoms with Gasteiger partial charge in [-0.1, -0.05) is 34.1 Å². The first-order valence-corrected chi connectivity index (χ1v) is 7.84. The molecule has 0 saturated heterocycles. The lowest BCUT2D eigenvalue weighted by Gasteiger charge is -2.02. The highest BCUT2D eigenvalue weighted by Gasteiger charge is 2.10. The fourth-order valence-electron chi connectivity index (χ4n) is 1.70. The topological polar surface area (TPSA) is 46.0 Å². The molecule has 0 aliphatic rings. The summed E-state index contributed by atoms with van der Waals surface area (Å²) in [6.45, 7) is 0. The molecule has 0 unspecified atom stereocenters. The van der Waals surface area contributed by atoms with Gasteiger partial charge in [-0.25, -0.2) is 5.10 Å². The van der Waals surface area contributed by atoms with Crippen LogP contribution in [0.15, 0.2) is 51.4 Å². The zero-order chi connectivity index (χ0) is 13.9. The van der Waals surface area contributed by atoms with Gasteiger partial charge in [0.2, 0.25) is 4.77 Å². The minimum absolute atomic E-state index is 0.462. The van der Waals surface area contributed by atoms with E-state index in [0.29, 0.717) is 10.6 Å². The van der Waals surface area contributed by atoms with E-state index in [9.17, 15) is 0 Å². The summed E-state index contributed by atoms with van der Waals surface area (Å²) in [6, 6.07) is 11.8. The Labute approximate surface area is 132 Å². The maximum Gasteiger partial charge on any atom is 0.216 e. The summed E-state index contributed by atoms with van der Waals surface area (Å²) in [5.41, 5.74) is 0.933. The summed E-state index contributed by atoms with van der Waals surface area (Å²) in [7, 11) is 0. The van der Waals surface area contributed by atoms with Crippen molar-refractivity contribution in [3.05, 3.63) is 55.9 Å². The van der Waals surface area contributed by atoms with Gasteiger partial charge in [-0.15, -0.1) is 11.3 Å². The Bertz CT molecular complexity index is 802. The normalized spacial score (nSPS) is 11.2. The molecule has 0 fully saturated rings. The molecular weight excluding hydrogens is 356 g/mol. The number of thiophene rings is 1. The van der Waals surface area contributed by atoms with Crippen molar-refractivity contribution < 1.29 is 0 Å². The van der Waals surface area contributed by atoms with E-state index in [-0.39, 0.29) is 0 Å². The zero-order valence-corrected chi connectivity index (χ0v) is 13.4. The van der Waals surface area contributed by atoms with Crippen LogP contribution in [-0.4, -0.2) is 21.1 Å². The standard InChI is InChI=1S/C13H9BrN4S2/c14-11-6-2-1-5-10(11)12-16-17-13(19)18(12)15-8-9-4-3-7-20-9/h1-8H,(H,17,19).